The number of aliphatic hydroxyl groups excluding tert-OH is 1. The zero-order valence-electron chi connectivity index (χ0n) is 12.8. The summed E-state index contributed by atoms with van der Waals surface area (Å²) in [6.45, 7) is 0. The summed E-state index contributed by atoms with van der Waals surface area (Å²) in [5.74, 6) is 0.0297. The highest BCUT2D eigenvalue weighted by Gasteiger charge is 2.19. The van der Waals surface area contributed by atoms with Crippen molar-refractivity contribution in [2.45, 2.75) is 25.4 Å². The Labute approximate surface area is 139 Å². The largest absolute Gasteiger partial charge is 0.508 e. The van der Waals surface area contributed by atoms with E-state index in [9.17, 15) is 19.9 Å². The smallest absolute Gasteiger partial charge is 0.427 e. The summed E-state index contributed by atoms with van der Waals surface area (Å²) in [4.78, 5) is 18.1. The van der Waals surface area contributed by atoms with Gasteiger partial charge in [-0.2, -0.15) is 0 Å². The van der Waals surface area contributed by atoms with E-state index in [4.69, 9.17) is 9.79 Å². The van der Waals surface area contributed by atoms with Crippen LogP contribution in [0.5, 0.6) is 11.5 Å². The van der Waals surface area contributed by atoms with Crippen molar-refractivity contribution >= 4 is 13.4 Å². The minimum absolute atomic E-state index is 0.000432. The normalized spacial score (nSPS) is 12.8. The molecular formula is C16H20NO6P. The lowest BCUT2D eigenvalue weighted by molar-refractivity contribution is 0.165. The molecule has 0 saturated carbocycles. The van der Waals surface area contributed by atoms with Crippen LogP contribution in [-0.4, -0.2) is 25.1 Å². The van der Waals surface area contributed by atoms with Gasteiger partial charge < -0.3 is 25.1 Å². The zero-order valence-corrected chi connectivity index (χ0v) is 13.7. The van der Waals surface area contributed by atoms with Crippen LogP contribution in [0.15, 0.2) is 42.5 Å². The van der Waals surface area contributed by atoms with Crippen LogP contribution < -0.4 is 5.09 Å². The van der Waals surface area contributed by atoms with Crippen molar-refractivity contribution in [3.8, 4) is 11.5 Å². The third-order valence-electron chi connectivity index (χ3n) is 3.54. The molecule has 130 valence electrons. The van der Waals surface area contributed by atoms with E-state index in [0.29, 0.717) is 24.8 Å². The Morgan fingerprint density at radius 3 is 2.25 bits per heavy atom. The predicted octanol–water partition coefficient (Wildman–Crippen LogP) is 2.66. The highest BCUT2D eigenvalue weighted by molar-refractivity contribution is 7.53. The highest BCUT2D eigenvalue weighted by atomic mass is 31.2. The van der Waals surface area contributed by atoms with Gasteiger partial charge in [-0.05, 0) is 43.0 Å². The van der Waals surface area contributed by atoms with Gasteiger partial charge in [-0.15, -0.1) is 0 Å². The molecule has 6 N–H and O–H groups in total. The van der Waals surface area contributed by atoms with Crippen molar-refractivity contribution in [2.75, 3.05) is 5.09 Å². The fourth-order valence-corrected chi connectivity index (χ4v) is 2.91. The number of hydrogen-bond acceptors (Lipinski definition) is 4. The van der Waals surface area contributed by atoms with Gasteiger partial charge in [0.1, 0.15) is 11.5 Å². The average molecular weight is 353 g/mol. The number of rotatable bonds is 7. The SMILES string of the molecule is O=P(O)(O)Nc1cc(O)ccc1C(O)CCCc1ccc(O)cc1. The van der Waals surface area contributed by atoms with Crippen LogP contribution in [0.2, 0.25) is 0 Å². The lowest BCUT2D eigenvalue weighted by Gasteiger charge is -2.17. The molecule has 2 aromatic carbocycles. The monoisotopic (exact) mass is 353 g/mol. The van der Waals surface area contributed by atoms with Gasteiger partial charge in [-0.25, -0.2) is 4.57 Å². The van der Waals surface area contributed by atoms with E-state index < -0.39 is 13.9 Å². The minimum atomic E-state index is -4.55. The zero-order chi connectivity index (χ0) is 17.7. The van der Waals surface area contributed by atoms with Gasteiger partial charge in [0, 0.05) is 11.6 Å². The molecule has 0 aromatic heterocycles. The molecule has 0 radical (unpaired) electrons. The first-order chi connectivity index (χ1) is 11.2. The molecule has 0 aliphatic heterocycles. The first kappa shape index (κ1) is 18.3. The minimum Gasteiger partial charge on any atom is -0.508 e. The van der Waals surface area contributed by atoms with Gasteiger partial charge in [0.05, 0.1) is 11.8 Å². The van der Waals surface area contributed by atoms with Crippen molar-refractivity contribution in [1.82, 2.24) is 0 Å². The predicted molar refractivity (Wildman–Crippen MR) is 89.8 cm³/mol. The Kier molecular flexibility index (Phi) is 5.85. The van der Waals surface area contributed by atoms with Gasteiger partial charge >= 0.3 is 7.75 Å². The number of benzene rings is 2. The molecule has 24 heavy (non-hydrogen) atoms. The number of anilines is 1. The van der Waals surface area contributed by atoms with E-state index in [-0.39, 0.29) is 17.2 Å². The maximum absolute atomic E-state index is 11.1. The maximum Gasteiger partial charge on any atom is 0.427 e. The second kappa shape index (κ2) is 7.68. The number of phenols is 2. The molecule has 1 atom stereocenters. The lowest BCUT2D eigenvalue weighted by Crippen LogP contribution is -2.04. The first-order valence-electron chi connectivity index (χ1n) is 7.37. The van der Waals surface area contributed by atoms with Gasteiger partial charge in [0.15, 0.2) is 0 Å². The standard InChI is InChI=1S/C16H20NO6P/c18-12-6-4-11(5-7-12)2-1-3-16(20)14-9-8-13(19)10-15(14)17-24(21,22)23/h4-10,16,18-20H,1-3H2,(H3,17,21,22,23). The lowest BCUT2D eigenvalue weighted by atomic mass is 10.00. The Bertz CT molecular complexity index is 728. The van der Waals surface area contributed by atoms with Crippen LogP contribution in [0.25, 0.3) is 0 Å². The third kappa shape index (κ3) is 5.54. The van der Waals surface area contributed by atoms with Crippen molar-refractivity contribution in [2.24, 2.45) is 0 Å². The van der Waals surface area contributed by atoms with Crippen LogP contribution in [0.3, 0.4) is 0 Å². The fraction of sp³-hybridized carbons (Fsp3) is 0.250. The Morgan fingerprint density at radius 2 is 1.62 bits per heavy atom. The number of hydrogen-bond donors (Lipinski definition) is 6. The Hall–Kier alpha value is -2.05. The summed E-state index contributed by atoms with van der Waals surface area (Å²) >= 11 is 0. The molecule has 0 bridgehead atoms. The summed E-state index contributed by atoms with van der Waals surface area (Å²) in [7, 11) is -4.55. The molecule has 0 spiro atoms. The van der Waals surface area contributed by atoms with Gasteiger partial charge in [-0.3, -0.25) is 5.09 Å². The molecule has 0 aliphatic carbocycles. The van der Waals surface area contributed by atoms with Crippen LogP contribution in [-0.2, 0) is 11.0 Å². The molecule has 0 fully saturated rings. The van der Waals surface area contributed by atoms with Crippen LogP contribution in [0, 0.1) is 0 Å². The van der Waals surface area contributed by atoms with Crippen molar-refractivity contribution < 1.29 is 29.7 Å². The summed E-state index contributed by atoms with van der Waals surface area (Å²) in [6, 6.07) is 10.7. The topological polar surface area (TPSA) is 130 Å². The molecule has 0 amide bonds. The Morgan fingerprint density at radius 1 is 1.00 bits per heavy atom. The number of aromatic hydroxyl groups is 2. The van der Waals surface area contributed by atoms with Gasteiger partial charge in [0.2, 0.25) is 0 Å². The fourth-order valence-electron chi connectivity index (χ4n) is 2.41. The molecule has 8 heteroatoms. The number of phenolic OH excluding ortho intramolecular Hbond substituents is 2. The van der Waals surface area contributed by atoms with E-state index in [1.54, 1.807) is 24.3 Å². The summed E-state index contributed by atoms with van der Waals surface area (Å²) in [5, 5.41) is 31.0. The number of aryl methyl sites for hydroxylation is 1. The molecule has 0 saturated heterocycles. The molecule has 0 heterocycles. The van der Waals surface area contributed by atoms with E-state index in [1.165, 1.54) is 12.1 Å². The van der Waals surface area contributed by atoms with Crippen molar-refractivity contribution in [3.63, 3.8) is 0 Å². The number of nitrogens with one attached hydrogen (secondary N) is 1. The molecule has 2 aromatic rings. The van der Waals surface area contributed by atoms with Crippen LogP contribution in [0.1, 0.15) is 30.1 Å². The highest BCUT2D eigenvalue weighted by Crippen LogP contribution is 2.40. The van der Waals surface area contributed by atoms with E-state index >= 15 is 0 Å². The van der Waals surface area contributed by atoms with Crippen molar-refractivity contribution in [3.05, 3.63) is 53.6 Å². The van der Waals surface area contributed by atoms with Gasteiger partial charge in [-0.1, -0.05) is 18.2 Å². The van der Waals surface area contributed by atoms with Crippen LogP contribution in [0.4, 0.5) is 5.69 Å². The second-order valence-electron chi connectivity index (χ2n) is 5.50. The maximum atomic E-state index is 11.1. The summed E-state index contributed by atoms with van der Waals surface area (Å²) in [6.07, 6.45) is 0.775. The summed E-state index contributed by atoms with van der Waals surface area (Å²) in [5.41, 5.74) is 1.32. The molecule has 7 nitrogen and oxygen atoms in total. The number of aliphatic hydroxyl groups is 1. The van der Waals surface area contributed by atoms with Gasteiger partial charge in [0.25, 0.3) is 0 Å². The van der Waals surface area contributed by atoms with Crippen molar-refractivity contribution in [1.29, 1.82) is 0 Å². The molecule has 2 rings (SSSR count). The molecule has 0 aliphatic rings. The van der Waals surface area contributed by atoms with E-state index in [0.717, 1.165) is 11.6 Å². The molecular weight excluding hydrogens is 333 g/mol. The van der Waals surface area contributed by atoms with Crippen LogP contribution >= 0.6 is 7.75 Å². The average Bonchev–Trinajstić information content (AvgIpc) is 2.47. The summed E-state index contributed by atoms with van der Waals surface area (Å²) < 4.78 is 11.1. The van der Waals surface area contributed by atoms with E-state index in [1.807, 2.05) is 5.09 Å². The Balaban J connectivity index is 2.02. The van der Waals surface area contributed by atoms with E-state index in [2.05, 4.69) is 0 Å². The molecule has 1 unspecified atom stereocenters. The first-order valence-corrected chi connectivity index (χ1v) is 8.98. The second-order valence-corrected chi connectivity index (χ2v) is 6.81. The quantitative estimate of drug-likeness (QED) is 0.422. The third-order valence-corrected chi connectivity index (χ3v) is 4.07.